The van der Waals surface area contributed by atoms with Gasteiger partial charge in [0, 0.05) is 12.2 Å². The summed E-state index contributed by atoms with van der Waals surface area (Å²) in [5.41, 5.74) is 0.979. The number of halogens is 2. The van der Waals surface area contributed by atoms with Gasteiger partial charge in [-0.25, -0.2) is 0 Å². The quantitative estimate of drug-likeness (QED) is 0.753. The highest BCUT2D eigenvalue weighted by atomic mass is 35.5. The van der Waals surface area contributed by atoms with Crippen LogP contribution in [0.25, 0.3) is 0 Å². The molecule has 0 amide bonds. The van der Waals surface area contributed by atoms with Gasteiger partial charge < -0.3 is 5.32 Å². The predicted molar refractivity (Wildman–Crippen MR) is 59.8 cm³/mol. The second-order valence-corrected chi connectivity index (χ2v) is 3.39. The lowest BCUT2D eigenvalue weighted by molar-refractivity contribution is 1.33. The van der Waals surface area contributed by atoms with Gasteiger partial charge >= 0.3 is 0 Å². The Morgan fingerprint density at radius 3 is 2.69 bits per heavy atom. The number of hydrogen-bond acceptors (Lipinski definition) is 1. The molecule has 0 radical (unpaired) electrons. The molecule has 0 unspecified atom stereocenters. The molecule has 0 fully saturated rings. The van der Waals surface area contributed by atoms with Crippen molar-refractivity contribution >= 4 is 28.9 Å². The third-order valence-electron chi connectivity index (χ3n) is 1.58. The van der Waals surface area contributed by atoms with E-state index in [1.807, 2.05) is 31.2 Å². The van der Waals surface area contributed by atoms with Crippen LogP contribution in [0.3, 0.4) is 0 Å². The molecule has 3 heteroatoms. The van der Waals surface area contributed by atoms with Crippen LogP contribution in [0.15, 0.2) is 30.4 Å². The van der Waals surface area contributed by atoms with E-state index in [0.29, 0.717) is 10.0 Å². The van der Waals surface area contributed by atoms with Gasteiger partial charge in [-0.2, -0.15) is 0 Å². The summed E-state index contributed by atoms with van der Waals surface area (Å²) in [5, 5.41) is 4.34. The molecule has 0 saturated carbocycles. The third-order valence-corrected chi connectivity index (χ3v) is 2.32. The molecule has 0 atom stereocenters. The van der Waals surface area contributed by atoms with Crippen LogP contribution >= 0.6 is 23.2 Å². The number of anilines is 1. The summed E-state index contributed by atoms with van der Waals surface area (Å²) in [5.74, 6) is 0. The van der Waals surface area contributed by atoms with Gasteiger partial charge in [0.05, 0.1) is 10.0 Å². The lowest BCUT2D eigenvalue weighted by Crippen LogP contribution is -1.97. The first-order valence-corrected chi connectivity index (χ1v) is 4.79. The number of hydrogen-bond donors (Lipinski definition) is 1. The maximum absolute atomic E-state index is 5.84. The van der Waals surface area contributed by atoms with Crippen molar-refractivity contribution in [3.63, 3.8) is 0 Å². The Morgan fingerprint density at radius 1 is 1.31 bits per heavy atom. The molecule has 0 aromatic heterocycles. The van der Waals surface area contributed by atoms with Crippen LogP contribution in [0, 0.1) is 0 Å². The van der Waals surface area contributed by atoms with Crippen LogP contribution < -0.4 is 5.32 Å². The van der Waals surface area contributed by atoms with Crippen LogP contribution in [0.1, 0.15) is 6.92 Å². The minimum atomic E-state index is 0.576. The van der Waals surface area contributed by atoms with Crippen LogP contribution in [0.2, 0.25) is 10.0 Å². The number of allylic oxidation sites excluding steroid dienone is 1. The fourth-order valence-electron chi connectivity index (χ4n) is 0.901. The van der Waals surface area contributed by atoms with Gasteiger partial charge in [-0.05, 0) is 25.1 Å². The van der Waals surface area contributed by atoms with E-state index in [1.54, 1.807) is 6.07 Å². The van der Waals surface area contributed by atoms with Gasteiger partial charge in [-0.3, -0.25) is 0 Å². The molecule has 70 valence electrons. The van der Waals surface area contributed by atoms with E-state index in [9.17, 15) is 0 Å². The topological polar surface area (TPSA) is 12.0 Å². The molecule has 0 bridgehead atoms. The second kappa shape index (κ2) is 5.15. The van der Waals surface area contributed by atoms with Crippen molar-refractivity contribution in [2.75, 3.05) is 11.9 Å². The highest BCUT2D eigenvalue weighted by molar-refractivity contribution is 6.42. The molecule has 0 heterocycles. The van der Waals surface area contributed by atoms with E-state index < -0.39 is 0 Å². The van der Waals surface area contributed by atoms with Crippen molar-refractivity contribution in [2.24, 2.45) is 0 Å². The summed E-state index contributed by atoms with van der Waals surface area (Å²) < 4.78 is 0. The van der Waals surface area contributed by atoms with Crippen LogP contribution in [-0.4, -0.2) is 6.54 Å². The largest absolute Gasteiger partial charge is 0.382 e. The summed E-state index contributed by atoms with van der Waals surface area (Å²) >= 11 is 11.6. The maximum atomic E-state index is 5.84. The zero-order valence-corrected chi connectivity index (χ0v) is 8.86. The average Bonchev–Trinajstić information content (AvgIpc) is 2.12. The fourth-order valence-corrected chi connectivity index (χ4v) is 1.20. The van der Waals surface area contributed by atoms with Crippen molar-refractivity contribution in [1.82, 2.24) is 0 Å². The molecule has 0 aliphatic heterocycles. The predicted octanol–water partition coefficient (Wildman–Crippen LogP) is 3.98. The summed E-state index contributed by atoms with van der Waals surface area (Å²) in [6.07, 6.45) is 4.02. The first-order chi connectivity index (χ1) is 6.24. The molecule has 0 aliphatic carbocycles. The Labute approximate surface area is 88.4 Å². The van der Waals surface area contributed by atoms with Crippen LogP contribution in [-0.2, 0) is 0 Å². The van der Waals surface area contributed by atoms with Gasteiger partial charge in [0.1, 0.15) is 0 Å². The molecular formula is C10H11Cl2N. The number of benzene rings is 1. The Bertz CT molecular complexity index is 308. The summed E-state index contributed by atoms with van der Waals surface area (Å²) in [4.78, 5) is 0. The monoisotopic (exact) mass is 215 g/mol. The van der Waals surface area contributed by atoms with Gasteiger partial charge in [-0.15, -0.1) is 0 Å². The smallest absolute Gasteiger partial charge is 0.0612 e. The Hall–Kier alpha value is -0.660. The van der Waals surface area contributed by atoms with E-state index in [-0.39, 0.29) is 0 Å². The summed E-state index contributed by atoms with van der Waals surface area (Å²) in [7, 11) is 0. The molecule has 1 aromatic carbocycles. The lowest BCUT2D eigenvalue weighted by Gasteiger charge is -2.04. The standard InChI is InChI=1S/C10H11Cl2N/c1-2-3-6-13-8-4-5-9(11)10(12)7-8/h2-5,7,13H,6H2,1H3. The van der Waals surface area contributed by atoms with Gasteiger partial charge in [-0.1, -0.05) is 35.4 Å². The lowest BCUT2D eigenvalue weighted by atomic mass is 10.3. The molecule has 1 aromatic rings. The van der Waals surface area contributed by atoms with Crippen LogP contribution in [0.5, 0.6) is 0 Å². The van der Waals surface area contributed by atoms with Crippen LogP contribution in [0.4, 0.5) is 5.69 Å². The molecule has 0 spiro atoms. The van der Waals surface area contributed by atoms with Crippen molar-refractivity contribution in [3.05, 3.63) is 40.4 Å². The van der Waals surface area contributed by atoms with E-state index in [2.05, 4.69) is 5.32 Å². The molecule has 1 N–H and O–H groups in total. The normalized spacial score (nSPS) is 10.7. The highest BCUT2D eigenvalue weighted by Crippen LogP contribution is 2.24. The molecule has 0 aliphatic rings. The Balaban J connectivity index is 2.63. The van der Waals surface area contributed by atoms with Crippen molar-refractivity contribution in [3.8, 4) is 0 Å². The number of rotatable bonds is 3. The average molecular weight is 216 g/mol. The SMILES string of the molecule is CC=CCNc1ccc(Cl)c(Cl)c1. The fraction of sp³-hybridized carbons (Fsp3) is 0.200. The molecule has 1 rings (SSSR count). The second-order valence-electron chi connectivity index (χ2n) is 2.58. The van der Waals surface area contributed by atoms with E-state index in [4.69, 9.17) is 23.2 Å². The van der Waals surface area contributed by atoms with Gasteiger partial charge in [0.15, 0.2) is 0 Å². The summed E-state index contributed by atoms with van der Waals surface area (Å²) in [6.45, 7) is 2.78. The van der Waals surface area contributed by atoms with Crippen molar-refractivity contribution < 1.29 is 0 Å². The third kappa shape index (κ3) is 3.29. The highest BCUT2D eigenvalue weighted by Gasteiger charge is 1.97. The molecule has 0 saturated heterocycles. The molecule has 13 heavy (non-hydrogen) atoms. The minimum Gasteiger partial charge on any atom is -0.382 e. The van der Waals surface area contributed by atoms with E-state index in [0.717, 1.165) is 12.2 Å². The first-order valence-electron chi connectivity index (χ1n) is 4.04. The van der Waals surface area contributed by atoms with E-state index in [1.165, 1.54) is 0 Å². The van der Waals surface area contributed by atoms with Gasteiger partial charge in [0.25, 0.3) is 0 Å². The zero-order valence-electron chi connectivity index (χ0n) is 7.35. The Morgan fingerprint density at radius 2 is 2.08 bits per heavy atom. The minimum absolute atomic E-state index is 0.576. The maximum Gasteiger partial charge on any atom is 0.0612 e. The number of nitrogens with one attached hydrogen (secondary N) is 1. The zero-order chi connectivity index (χ0) is 9.68. The van der Waals surface area contributed by atoms with E-state index >= 15 is 0 Å². The first kappa shape index (κ1) is 10.4. The van der Waals surface area contributed by atoms with Gasteiger partial charge in [0.2, 0.25) is 0 Å². The molecular weight excluding hydrogens is 205 g/mol. The van der Waals surface area contributed by atoms with Crippen molar-refractivity contribution in [1.29, 1.82) is 0 Å². The summed E-state index contributed by atoms with van der Waals surface area (Å²) in [6, 6.07) is 5.49. The Kier molecular flexibility index (Phi) is 4.13. The van der Waals surface area contributed by atoms with Crippen molar-refractivity contribution in [2.45, 2.75) is 6.92 Å². The molecule has 1 nitrogen and oxygen atoms in total.